The van der Waals surface area contributed by atoms with E-state index in [-0.39, 0.29) is 11.9 Å². The van der Waals surface area contributed by atoms with Crippen LogP contribution in [0.1, 0.15) is 22.1 Å². The van der Waals surface area contributed by atoms with Crippen molar-refractivity contribution in [3.8, 4) is 0 Å². The van der Waals surface area contributed by atoms with Gasteiger partial charge >= 0.3 is 0 Å². The zero-order valence-electron chi connectivity index (χ0n) is 14.6. The van der Waals surface area contributed by atoms with Crippen molar-refractivity contribution < 1.29 is 4.79 Å². The summed E-state index contributed by atoms with van der Waals surface area (Å²) in [6, 6.07) is 15.2. The number of benzene rings is 2. The maximum absolute atomic E-state index is 13.1. The Bertz CT molecular complexity index is 1070. The van der Waals surface area contributed by atoms with Crippen LogP contribution in [0.15, 0.2) is 65.4 Å². The van der Waals surface area contributed by atoms with E-state index < -0.39 is 0 Å². The Kier molecular flexibility index (Phi) is 4.72. The molecule has 2 aromatic carbocycles. The van der Waals surface area contributed by atoms with E-state index in [9.17, 15) is 4.79 Å². The molecule has 0 aliphatic carbocycles. The second kappa shape index (κ2) is 7.32. The second-order valence-corrected chi connectivity index (χ2v) is 7.07. The van der Waals surface area contributed by atoms with Gasteiger partial charge in [0.05, 0.1) is 30.5 Å². The first-order valence-electron chi connectivity index (χ1n) is 8.44. The summed E-state index contributed by atoms with van der Waals surface area (Å²) in [7, 11) is 1.77. The highest BCUT2D eigenvalue weighted by atomic mass is 79.9. The molecule has 7 nitrogen and oxygen atoms in total. The van der Waals surface area contributed by atoms with Crippen LogP contribution in [0.5, 0.6) is 0 Å². The van der Waals surface area contributed by atoms with E-state index in [1.54, 1.807) is 28.9 Å². The van der Waals surface area contributed by atoms with Crippen LogP contribution in [0.2, 0.25) is 0 Å². The molecule has 0 aliphatic heterocycles. The molecular weight excluding hydrogens is 408 g/mol. The molecule has 1 N–H and O–H groups in total. The Morgan fingerprint density at radius 1 is 1.15 bits per heavy atom. The first kappa shape index (κ1) is 17.4. The maximum Gasteiger partial charge on any atom is 0.270 e. The van der Waals surface area contributed by atoms with E-state index in [4.69, 9.17) is 0 Å². The summed E-state index contributed by atoms with van der Waals surface area (Å²) < 4.78 is 2.53. The van der Waals surface area contributed by atoms with Crippen LogP contribution in [0.25, 0.3) is 10.9 Å². The first-order chi connectivity index (χ1) is 13.1. The third-order valence-corrected chi connectivity index (χ3v) is 4.82. The highest BCUT2D eigenvalue weighted by Crippen LogP contribution is 2.23. The van der Waals surface area contributed by atoms with Crippen LogP contribution < -0.4 is 5.32 Å². The summed E-state index contributed by atoms with van der Waals surface area (Å²) in [5.74, 6) is -0.191. The van der Waals surface area contributed by atoms with Gasteiger partial charge in [0, 0.05) is 16.9 Å². The van der Waals surface area contributed by atoms with Gasteiger partial charge in [-0.1, -0.05) is 46.3 Å². The number of aromatic nitrogens is 5. The van der Waals surface area contributed by atoms with Crippen molar-refractivity contribution >= 4 is 32.7 Å². The number of hydrogen-bond acceptors (Lipinski definition) is 4. The van der Waals surface area contributed by atoms with E-state index in [0.717, 1.165) is 20.9 Å². The van der Waals surface area contributed by atoms with Crippen molar-refractivity contribution in [3.05, 3.63) is 76.7 Å². The van der Waals surface area contributed by atoms with Gasteiger partial charge in [-0.3, -0.25) is 9.48 Å². The standard InChI is InChI=1S/C19H17BrN6O/c1-25-18(15-8-7-14(20)11-16(15)24-25)19(27)23-17(12-26-21-9-10-22-26)13-5-3-2-4-6-13/h2-11,17H,12H2,1H3,(H,23,27). The molecule has 27 heavy (non-hydrogen) atoms. The number of carbonyl (C=O) groups is 1. The molecule has 0 radical (unpaired) electrons. The lowest BCUT2D eigenvalue weighted by Crippen LogP contribution is -2.33. The van der Waals surface area contributed by atoms with E-state index in [0.29, 0.717) is 12.2 Å². The molecule has 0 aliphatic rings. The number of rotatable bonds is 5. The van der Waals surface area contributed by atoms with Crippen molar-refractivity contribution in [3.63, 3.8) is 0 Å². The normalized spacial score (nSPS) is 12.2. The molecule has 8 heteroatoms. The van der Waals surface area contributed by atoms with E-state index in [2.05, 4.69) is 36.5 Å². The second-order valence-electron chi connectivity index (χ2n) is 6.15. The van der Waals surface area contributed by atoms with Gasteiger partial charge in [-0.15, -0.1) is 0 Å². The molecule has 0 fully saturated rings. The lowest BCUT2D eigenvalue weighted by Gasteiger charge is -2.19. The number of amides is 1. The summed E-state index contributed by atoms with van der Waals surface area (Å²) in [5.41, 5.74) is 2.27. The average Bonchev–Trinajstić information content (AvgIpc) is 3.28. The number of carbonyl (C=O) groups excluding carboxylic acids is 1. The third-order valence-electron chi connectivity index (χ3n) is 4.33. The molecule has 136 valence electrons. The van der Waals surface area contributed by atoms with E-state index >= 15 is 0 Å². The Morgan fingerprint density at radius 2 is 1.89 bits per heavy atom. The monoisotopic (exact) mass is 424 g/mol. The van der Waals surface area contributed by atoms with Crippen molar-refractivity contribution in [1.29, 1.82) is 0 Å². The maximum atomic E-state index is 13.1. The van der Waals surface area contributed by atoms with Gasteiger partial charge in [-0.05, 0) is 23.8 Å². The Hall–Kier alpha value is -3.00. The quantitative estimate of drug-likeness (QED) is 0.533. The SMILES string of the molecule is Cn1nc2cc(Br)ccc2c1C(=O)NC(Cn1nccn1)c1ccccc1. The van der Waals surface area contributed by atoms with Crippen LogP contribution in [-0.4, -0.2) is 30.7 Å². The lowest BCUT2D eigenvalue weighted by atomic mass is 10.1. The molecule has 2 heterocycles. The largest absolute Gasteiger partial charge is 0.342 e. The number of nitrogens with one attached hydrogen (secondary N) is 1. The smallest absolute Gasteiger partial charge is 0.270 e. The highest BCUT2D eigenvalue weighted by molar-refractivity contribution is 9.10. The number of hydrogen-bond donors (Lipinski definition) is 1. The number of aryl methyl sites for hydroxylation is 1. The minimum atomic E-state index is -0.272. The first-order valence-corrected chi connectivity index (χ1v) is 9.23. The molecule has 0 spiro atoms. The fourth-order valence-corrected chi connectivity index (χ4v) is 3.44. The molecule has 0 saturated carbocycles. The number of fused-ring (bicyclic) bond motifs is 1. The average molecular weight is 425 g/mol. The Morgan fingerprint density at radius 3 is 2.63 bits per heavy atom. The van der Waals surface area contributed by atoms with Crippen LogP contribution in [0, 0.1) is 0 Å². The van der Waals surface area contributed by atoms with Gasteiger partial charge < -0.3 is 5.32 Å². The zero-order valence-corrected chi connectivity index (χ0v) is 16.2. The molecular formula is C19H17BrN6O. The molecule has 0 bridgehead atoms. The fourth-order valence-electron chi connectivity index (χ4n) is 3.09. The van der Waals surface area contributed by atoms with Crippen LogP contribution in [0.4, 0.5) is 0 Å². The summed E-state index contributed by atoms with van der Waals surface area (Å²) in [5, 5.41) is 16.7. The summed E-state index contributed by atoms with van der Waals surface area (Å²) >= 11 is 3.44. The van der Waals surface area contributed by atoms with Gasteiger partial charge in [-0.25, -0.2) is 0 Å². The zero-order chi connectivity index (χ0) is 18.8. The molecule has 4 rings (SSSR count). The highest BCUT2D eigenvalue weighted by Gasteiger charge is 2.22. The molecule has 1 unspecified atom stereocenters. The minimum absolute atomic E-state index is 0.191. The molecule has 4 aromatic rings. The topological polar surface area (TPSA) is 77.6 Å². The summed E-state index contributed by atoms with van der Waals surface area (Å²) in [4.78, 5) is 14.7. The number of nitrogens with zero attached hydrogens (tertiary/aromatic N) is 5. The van der Waals surface area contributed by atoms with Crippen molar-refractivity contribution in [2.45, 2.75) is 12.6 Å². The minimum Gasteiger partial charge on any atom is -0.342 e. The lowest BCUT2D eigenvalue weighted by molar-refractivity contribution is 0.0923. The van der Waals surface area contributed by atoms with Gasteiger partial charge in [-0.2, -0.15) is 20.1 Å². The fraction of sp³-hybridized carbons (Fsp3) is 0.158. The Labute approximate surface area is 164 Å². The third kappa shape index (κ3) is 3.61. The molecule has 1 amide bonds. The van der Waals surface area contributed by atoms with Crippen molar-refractivity contribution in [2.75, 3.05) is 0 Å². The van der Waals surface area contributed by atoms with Crippen molar-refractivity contribution in [2.24, 2.45) is 7.05 Å². The predicted molar refractivity (Wildman–Crippen MR) is 105 cm³/mol. The van der Waals surface area contributed by atoms with Gasteiger partial charge in [0.25, 0.3) is 5.91 Å². The van der Waals surface area contributed by atoms with E-state index in [1.165, 1.54) is 0 Å². The van der Waals surface area contributed by atoms with Gasteiger partial charge in [0.15, 0.2) is 0 Å². The Balaban J connectivity index is 1.67. The van der Waals surface area contributed by atoms with Gasteiger partial charge in [0.1, 0.15) is 5.69 Å². The predicted octanol–water partition coefficient (Wildman–Crippen LogP) is 3.10. The molecule has 2 aromatic heterocycles. The van der Waals surface area contributed by atoms with Crippen LogP contribution in [-0.2, 0) is 13.6 Å². The van der Waals surface area contributed by atoms with Crippen molar-refractivity contribution in [1.82, 2.24) is 30.1 Å². The van der Waals surface area contributed by atoms with Gasteiger partial charge in [0.2, 0.25) is 0 Å². The van der Waals surface area contributed by atoms with E-state index in [1.807, 2.05) is 48.5 Å². The van der Waals surface area contributed by atoms with Crippen LogP contribution in [0.3, 0.4) is 0 Å². The van der Waals surface area contributed by atoms with Crippen LogP contribution >= 0.6 is 15.9 Å². The number of halogens is 1. The summed E-state index contributed by atoms with van der Waals surface area (Å²) in [6.07, 6.45) is 3.24. The molecule has 1 atom stereocenters. The summed E-state index contributed by atoms with van der Waals surface area (Å²) in [6.45, 7) is 0.435. The molecule has 0 saturated heterocycles.